The molecule has 3 rings (SSSR count). The summed E-state index contributed by atoms with van der Waals surface area (Å²) in [5, 5.41) is 7.53. The molecule has 27 heavy (non-hydrogen) atoms. The monoisotopic (exact) mass is 366 g/mol. The zero-order valence-electron chi connectivity index (χ0n) is 15.7. The van der Waals surface area contributed by atoms with E-state index in [0.29, 0.717) is 41.5 Å². The van der Waals surface area contributed by atoms with Crippen molar-refractivity contribution in [2.24, 2.45) is 5.92 Å². The highest BCUT2D eigenvalue weighted by Gasteiger charge is 2.22. The van der Waals surface area contributed by atoms with Crippen LogP contribution in [-0.4, -0.2) is 20.7 Å². The minimum atomic E-state index is -0.339. The molecule has 0 bridgehead atoms. The van der Waals surface area contributed by atoms with Gasteiger partial charge < -0.3 is 5.32 Å². The number of nitrogens with zero attached hydrogens (tertiary/aromatic N) is 3. The second-order valence-electron chi connectivity index (χ2n) is 6.90. The van der Waals surface area contributed by atoms with Gasteiger partial charge >= 0.3 is 0 Å². The van der Waals surface area contributed by atoms with Crippen molar-refractivity contribution >= 4 is 5.91 Å². The third-order valence-corrected chi connectivity index (χ3v) is 4.23. The van der Waals surface area contributed by atoms with Crippen molar-refractivity contribution < 1.29 is 9.18 Å². The number of hydrogen-bond donors (Lipinski definition) is 1. The first-order chi connectivity index (χ1) is 13.0. The molecule has 1 aromatic carbocycles. The van der Waals surface area contributed by atoms with Crippen molar-refractivity contribution in [3.8, 4) is 5.69 Å². The Balaban J connectivity index is 1.93. The first kappa shape index (κ1) is 18.8. The number of amides is 1. The van der Waals surface area contributed by atoms with Crippen molar-refractivity contribution in [1.82, 2.24) is 20.1 Å². The molecule has 0 saturated carbocycles. The molecule has 0 aliphatic heterocycles. The van der Waals surface area contributed by atoms with Gasteiger partial charge in [-0.3, -0.25) is 9.78 Å². The smallest absolute Gasteiger partial charge is 0.255 e. The van der Waals surface area contributed by atoms with Crippen LogP contribution in [0.1, 0.15) is 41.3 Å². The predicted octanol–water partition coefficient (Wildman–Crippen LogP) is 3.84. The first-order valence-electron chi connectivity index (χ1n) is 8.98. The van der Waals surface area contributed by atoms with Crippen LogP contribution >= 0.6 is 0 Å². The molecule has 0 fully saturated rings. The van der Waals surface area contributed by atoms with E-state index in [2.05, 4.69) is 29.2 Å². The minimum Gasteiger partial charge on any atom is -0.346 e. The fraction of sp³-hybridized carbons (Fsp3) is 0.286. The minimum absolute atomic E-state index is 0.198. The molecule has 0 aliphatic rings. The Bertz CT molecular complexity index is 935. The standard InChI is InChI=1S/C21H23FN4O/c1-14(2)11-19-20(21(27)24-13-17-8-4-5-10-23-17)15(3)26(25-19)18-9-6-7-16(22)12-18/h4-10,12,14H,11,13H2,1-3H3,(H,24,27). The second-order valence-corrected chi connectivity index (χ2v) is 6.90. The molecule has 5 nitrogen and oxygen atoms in total. The molecular formula is C21H23FN4O. The number of halogens is 1. The third-order valence-electron chi connectivity index (χ3n) is 4.23. The van der Waals surface area contributed by atoms with Crippen LogP contribution in [0, 0.1) is 18.7 Å². The normalized spacial score (nSPS) is 11.0. The highest BCUT2D eigenvalue weighted by molar-refractivity contribution is 5.96. The van der Waals surface area contributed by atoms with Crippen molar-refractivity contribution in [1.29, 1.82) is 0 Å². The van der Waals surface area contributed by atoms with Crippen molar-refractivity contribution in [3.05, 3.63) is 77.1 Å². The van der Waals surface area contributed by atoms with Gasteiger partial charge in [-0.2, -0.15) is 5.10 Å². The van der Waals surface area contributed by atoms with E-state index in [1.54, 1.807) is 23.0 Å². The van der Waals surface area contributed by atoms with E-state index in [4.69, 9.17) is 0 Å². The molecule has 3 aromatic rings. The molecule has 1 N–H and O–H groups in total. The number of hydrogen-bond acceptors (Lipinski definition) is 3. The molecule has 140 valence electrons. The number of carbonyl (C=O) groups is 1. The van der Waals surface area contributed by atoms with Crippen LogP contribution < -0.4 is 5.32 Å². The zero-order valence-corrected chi connectivity index (χ0v) is 15.7. The quantitative estimate of drug-likeness (QED) is 0.721. The Labute approximate surface area is 158 Å². The van der Waals surface area contributed by atoms with Crippen LogP contribution in [0.25, 0.3) is 5.69 Å². The maximum Gasteiger partial charge on any atom is 0.255 e. The van der Waals surface area contributed by atoms with Crippen molar-refractivity contribution in [2.45, 2.75) is 33.7 Å². The molecule has 1 amide bonds. The van der Waals surface area contributed by atoms with Gasteiger partial charge in [0, 0.05) is 6.20 Å². The van der Waals surface area contributed by atoms with E-state index < -0.39 is 0 Å². The van der Waals surface area contributed by atoms with Crippen LogP contribution in [0.4, 0.5) is 4.39 Å². The molecular weight excluding hydrogens is 343 g/mol. The Morgan fingerprint density at radius 2 is 2.04 bits per heavy atom. The third kappa shape index (κ3) is 4.39. The number of aromatic nitrogens is 3. The van der Waals surface area contributed by atoms with E-state index in [1.165, 1.54) is 12.1 Å². The van der Waals surface area contributed by atoms with E-state index in [9.17, 15) is 9.18 Å². The highest BCUT2D eigenvalue weighted by Crippen LogP contribution is 2.21. The summed E-state index contributed by atoms with van der Waals surface area (Å²) in [6.45, 7) is 6.32. The molecule has 0 aliphatic carbocycles. The zero-order chi connectivity index (χ0) is 19.4. The lowest BCUT2D eigenvalue weighted by Gasteiger charge is -2.08. The Hall–Kier alpha value is -3.02. The average molecular weight is 366 g/mol. The maximum atomic E-state index is 13.6. The lowest BCUT2D eigenvalue weighted by Crippen LogP contribution is -2.25. The van der Waals surface area contributed by atoms with Gasteiger partial charge in [-0.1, -0.05) is 26.0 Å². The number of nitrogens with one attached hydrogen (secondary N) is 1. The van der Waals surface area contributed by atoms with Gasteiger partial charge in [-0.25, -0.2) is 9.07 Å². The summed E-state index contributed by atoms with van der Waals surface area (Å²) < 4.78 is 15.3. The summed E-state index contributed by atoms with van der Waals surface area (Å²) in [5.41, 5.74) is 3.33. The molecule has 0 radical (unpaired) electrons. The number of rotatable bonds is 6. The van der Waals surface area contributed by atoms with Crippen LogP contribution in [-0.2, 0) is 13.0 Å². The summed E-state index contributed by atoms with van der Waals surface area (Å²) in [6, 6.07) is 11.8. The summed E-state index contributed by atoms with van der Waals surface area (Å²) in [5.74, 6) is -0.201. The fourth-order valence-corrected chi connectivity index (χ4v) is 3.01. The molecule has 2 aromatic heterocycles. The van der Waals surface area contributed by atoms with Crippen LogP contribution in [0.2, 0.25) is 0 Å². The topological polar surface area (TPSA) is 59.8 Å². The Kier molecular flexibility index (Phi) is 5.64. The Morgan fingerprint density at radius 1 is 1.22 bits per heavy atom. The van der Waals surface area contributed by atoms with Gasteiger partial charge in [0.1, 0.15) is 5.82 Å². The van der Waals surface area contributed by atoms with Gasteiger partial charge in [-0.05, 0) is 49.6 Å². The summed E-state index contributed by atoms with van der Waals surface area (Å²) in [4.78, 5) is 17.1. The van der Waals surface area contributed by atoms with Gasteiger partial charge in [0.05, 0.1) is 34.9 Å². The van der Waals surface area contributed by atoms with E-state index in [-0.39, 0.29) is 11.7 Å². The number of pyridine rings is 1. The summed E-state index contributed by atoms with van der Waals surface area (Å²) in [7, 11) is 0. The molecule has 0 unspecified atom stereocenters. The molecule has 0 saturated heterocycles. The lowest BCUT2D eigenvalue weighted by atomic mass is 10.0. The lowest BCUT2D eigenvalue weighted by molar-refractivity contribution is 0.0948. The molecule has 2 heterocycles. The van der Waals surface area contributed by atoms with Gasteiger partial charge in [0.15, 0.2) is 0 Å². The van der Waals surface area contributed by atoms with Gasteiger partial charge in [0.25, 0.3) is 5.91 Å². The van der Waals surface area contributed by atoms with Gasteiger partial charge in [0.2, 0.25) is 0 Å². The predicted molar refractivity (Wildman–Crippen MR) is 102 cm³/mol. The van der Waals surface area contributed by atoms with Crippen LogP contribution in [0.15, 0.2) is 48.7 Å². The number of benzene rings is 1. The van der Waals surface area contributed by atoms with E-state index in [0.717, 1.165) is 5.69 Å². The van der Waals surface area contributed by atoms with E-state index >= 15 is 0 Å². The second kappa shape index (κ2) is 8.12. The average Bonchev–Trinajstić information content (AvgIpc) is 2.96. The largest absolute Gasteiger partial charge is 0.346 e. The number of carbonyl (C=O) groups excluding carboxylic acids is 1. The molecule has 0 atom stereocenters. The summed E-state index contributed by atoms with van der Waals surface area (Å²) >= 11 is 0. The highest BCUT2D eigenvalue weighted by atomic mass is 19.1. The Morgan fingerprint density at radius 3 is 2.70 bits per heavy atom. The molecule has 6 heteroatoms. The first-order valence-corrected chi connectivity index (χ1v) is 8.98. The fourth-order valence-electron chi connectivity index (χ4n) is 3.01. The molecule has 0 spiro atoms. The van der Waals surface area contributed by atoms with Crippen molar-refractivity contribution in [3.63, 3.8) is 0 Å². The van der Waals surface area contributed by atoms with Crippen molar-refractivity contribution in [2.75, 3.05) is 0 Å². The maximum absolute atomic E-state index is 13.6. The van der Waals surface area contributed by atoms with Gasteiger partial charge in [-0.15, -0.1) is 0 Å². The van der Waals surface area contributed by atoms with Crippen LogP contribution in [0.3, 0.4) is 0 Å². The van der Waals surface area contributed by atoms with Crippen LogP contribution in [0.5, 0.6) is 0 Å². The SMILES string of the molecule is Cc1c(C(=O)NCc2ccccn2)c(CC(C)C)nn1-c1cccc(F)c1. The van der Waals surface area contributed by atoms with E-state index in [1.807, 2.05) is 25.1 Å². The summed E-state index contributed by atoms with van der Waals surface area (Å²) in [6.07, 6.45) is 2.36.